The van der Waals surface area contributed by atoms with Gasteiger partial charge in [-0.1, -0.05) is 0 Å². The van der Waals surface area contributed by atoms with Crippen molar-refractivity contribution in [3.8, 4) is 5.75 Å². The fourth-order valence-corrected chi connectivity index (χ4v) is 5.24. The molecule has 4 heterocycles. The third kappa shape index (κ3) is 5.76. The molecular weight excluding hydrogens is 536 g/mol. The maximum absolute atomic E-state index is 12.6. The number of rotatable bonds is 7. The Morgan fingerprint density at radius 1 is 1.17 bits per heavy atom. The predicted octanol–water partition coefficient (Wildman–Crippen LogP) is 1.70. The number of carbonyl (C=O) groups is 2. The second-order valence-corrected chi connectivity index (χ2v) is 10.7. The monoisotopic (exact) mass is 566 g/mol. The number of non-ortho nitro benzene ring substituents is 1. The van der Waals surface area contributed by atoms with E-state index in [0.29, 0.717) is 49.3 Å². The van der Waals surface area contributed by atoms with Crippen molar-refractivity contribution in [2.45, 2.75) is 63.0 Å². The standard InChI is InChI=1S/C26H30N8O7/c27-23-21-24(33(13-28-21)20-12-18(35)22(41-20)25(36)29-15-1-2-15)31-19(30-23)11-14-7-9-32(10-8-14)26(37)40-17-5-3-16(4-6-17)34(38)39/h3-6,13-15,18,20,22,35H,1-2,7-12H2,(H,29,36)(H2,27,30,31)/t18?,20-,22+/m1/s1. The van der Waals surface area contributed by atoms with Crippen LogP contribution in [0.4, 0.5) is 16.3 Å². The molecule has 15 nitrogen and oxygen atoms in total. The van der Waals surface area contributed by atoms with Gasteiger partial charge in [-0.15, -0.1) is 0 Å². The molecule has 1 aliphatic carbocycles. The van der Waals surface area contributed by atoms with Crippen LogP contribution in [0.15, 0.2) is 30.6 Å². The lowest BCUT2D eigenvalue weighted by molar-refractivity contribution is -0.384. The topological polar surface area (TPSA) is 201 Å². The molecule has 1 aromatic carbocycles. The molecule has 2 amide bonds. The quantitative estimate of drug-likeness (QED) is 0.277. The maximum atomic E-state index is 12.6. The van der Waals surface area contributed by atoms with E-state index in [4.69, 9.17) is 20.2 Å². The first-order chi connectivity index (χ1) is 19.7. The van der Waals surface area contributed by atoms with Gasteiger partial charge in [0.15, 0.2) is 17.6 Å². The number of nitrogens with zero attached hydrogens (tertiary/aromatic N) is 6. The van der Waals surface area contributed by atoms with Crippen LogP contribution >= 0.6 is 0 Å². The van der Waals surface area contributed by atoms with Crippen LogP contribution in [-0.4, -0.2) is 77.8 Å². The van der Waals surface area contributed by atoms with Crippen LogP contribution in [0.25, 0.3) is 11.2 Å². The Bertz CT molecular complexity index is 1470. The summed E-state index contributed by atoms with van der Waals surface area (Å²) in [5.74, 6) is 0.890. The summed E-state index contributed by atoms with van der Waals surface area (Å²) in [6.07, 6.45) is 2.51. The molecule has 0 spiro atoms. The lowest BCUT2D eigenvalue weighted by atomic mass is 9.93. The number of piperidine rings is 1. The fourth-order valence-electron chi connectivity index (χ4n) is 5.24. The van der Waals surface area contributed by atoms with E-state index in [1.807, 2.05) is 0 Å². The summed E-state index contributed by atoms with van der Waals surface area (Å²) in [4.78, 5) is 50.5. The van der Waals surface area contributed by atoms with Crippen molar-refractivity contribution < 1.29 is 29.1 Å². The highest BCUT2D eigenvalue weighted by atomic mass is 16.6. The second kappa shape index (κ2) is 10.9. The lowest BCUT2D eigenvalue weighted by Gasteiger charge is -2.31. The molecule has 41 heavy (non-hydrogen) atoms. The molecule has 2 aromatic heterocycles. The van der Waals surface area contributed by atoms with Crippen molar-refractivity contribution in [1.82, 2.24) is 29.7 Å². The predicted molar refractivity (Wildman–Crippen MR) is 143 cm³/mol. The van der Waals surface area contributed by atoms with E-state index in [0.717, 1.165) is 12.8 Å². The van der Waals surface area contributed by atoms with Gasteiger partial charge in [0.1, 0.15) is 23.3 Å². The van der Waals surface area contributed by atoms with Crippen LogP contribution < -0.4 is 15.8 Å². The number of benzene rings is 1. The molecule has 6 rings (SSSR count). The van der Waals surface area contributed by atoms with Crippen LogP contribution in [0, 0.1) is 16.0 Å². The van der Waals surface area contributed by atoms with Crippen LogP contribution in [0.2, 0.25) is 0 Å². The number of anilines is 1. The molecule has 3 fully saturated rings. The summed E-state index contributed by atoms with van der Waals surface area (Å²) < 4.78 is 13.0. The largest absolute Gasteiger partial charge is 0.415 e. The van der Waals surface area contributed by atoms with Crippen molar-refractivity contribution in [3.63, 3.8) is 0 Å². The van der Waals surface area contributed by atoms with Gasteiger partial charge in [-0.3, -0.25) is 19.5 Å². The molecule has 3 aliphatic rings. The first kappa shape index (κ1) is 26.8. The number of nitrogens with two attached hydrogens (primary N) is 1. The number of imidazole rings is 1. The first-order valence-electron chi connectivity index (χ1n) is 13.6. The zero-order valence-corrected chi connectivity index (χ0v) is 22.1. The van der Waals surface area contributed by atoms with Crippen LogP contribution in [0.3, 0.4) is 0 Å². The van der Waals surface area contributed by atoms with E-state index < -0.39 is 29.5 Å². The number of aromatic nitrogens is 4. The molecule has 4 N–H and O–H groups in total. The summed E-state index contributed by atoms with van der Waals surface area (Å²) in [7, 11) is 0. The molecular formula is C26H30N8O7. The summed E-state index contributed by atoms with van der Waals surface area (Å²) in [6.45, 7) is 0.953. The minimum Gasteiger partial charge on any atom is -0.410 e. The Morgan fingerprint density at radius 3 is 2.59 bits per heavy atom. The van der Waals surface area contributed by atoms with Gasteiger partial charge >= 0.3 is 6.09 Å². The Balaban J connectivity index is 1.07. The smallest absolute Gasteiger partial charge is 0.410 e. The fraction of sp³-hybridized carbons (Fsp3) is 0.500. The van der Waals surface area contributed by atoms with Gasteiger partial charge in [0.2, 0.25) is 0 Å². The zero-order valence-electron chi connectivity index (χ0n) is 22.1. The van der Waals surface area contributed by atoms with Gasteiger partial charge < -0.3 is 30.5 Å². The maximum Gasteiger partial charge on any atom is 0.415 e. The Kier molecular flexibility index (Phi) is 7.13. The number of carbonyl (C=O) groups excluding carboxylic acids is 2. The molecule has 1 saturated carbocycles. The number of aliphatic hydroxyl groups is 1. The third-order valence-electron chi connectivity index (χ3n) is 7.68. The Morgan fingerprint density at radius 2 is 1.90 bits per heavy atom. The molecule has 3 atom stereocenters. The van der Waals surface area contributed by atoms with E-state index in [2.05, 4.69) is 15.3 Å². The normalized spacial score (nSPS) is 23.0. The Labute approximate surface area is 233 Å². The lowest BCUT2D eigenvalue weighted by Crippen LogP contribution is -2.41. The molecule has 216 valence electrons. The minimum absolute atomic E-state index is 0.0801. The summed E-state index contributed by atoms with van der Waals surface area (Å²) >= 11 is 0. The summed E-state index contributed by atoms with van der Waals surface area (Å²) in [6, 6.07) is 5.52. The molecule has 0 radical (unpaired) electrons. The second-order valence-electron chi connectivity index (χ2n) is 10.7. The Hall–Kier alpha value is -4.37. The number of nitro groups is 1. The van der Waals surface area contributed by atoms with E-state index in [1.54, 1.807) is 9.47 Å². The number of nitrogens with one attached hydrogen (secondary N) is 1. The SMILES string of the molecule is Nc1nc(CC2CCN(C(=O)Oc3ccc([N+](=O)[O-])cc3)CC2)nc2c1ncn2[C@H]1CC(O)[C@@H](C(=O)NC2CC2)O1. The number of hydrogen-bond donors (Lipinski definition) is 3. The summed E-state index contributed by atoms with van der Waals surface area (Å²) in [5, 5.41) is 24.2. The van der Waals surface area contributed by atoms with E-state index >= 15 is 0 Å². The number of hydrogen-bond acceptors (Lipinski definition) is 11. The molecule has 3 aromatic rings. The highest BCUT2D eigenvalue weighted by Crippen LogP contribution is 2.33. The van der Waals surface area contributed by atoms with Gasteiger partial charge in [0, 0.05) is 44.1 Å². The van der Waals surface area contributed by atoms with Gasteiger partial charge in [0.25, 0.3) is 11.6 Å². The number of fused-ring (bicyclic) bond motifs is 1. The number of aliphatic hydroxyl groups excluding tert-OH is 1. The van der Waals surface area contributed by atoms with Crippen LogP contribution in [0.5, 0.6) is 5.75 Å². The zero-order chi connectivity index (χ0) is 28.7. The number of likely N-dealkylation sites (tertiary alicyclic amines) is 1. The molecule has 2 saturated heterocycles. The third-order valence-corrected chi connectivity index (χ3v) is 7.68. The molecule has 1 unspecified atom stereocenters. The average molecular weight is 567 g/mol. The highest BCUT2D eigenvalue weighted by Gasteiger charge is 2.42. The van der Waals surface area contributed by atoms with Gasteiger partial charge in [-0.2, -0.15) is 0 Å². The summed E-state index contributed by atoms with van der Waals surface area (Å²) in [5.41, 5.74) is 7.02. The van der Waals surface area contributed by atoms with Crippen LogP contribution in [-0.2, 0) is 16.0 Å². The number of nitrogen functional groups attached to an aromatic ring is 1. The van der Waals surface area contributed by atoms with Crippen LogP contribution in [0.1, 0.15) is 44.2 Å². The van der Waals surface area contributed by atoms with E-state index in [9.17, 15) is 24.8 Å². The van der Waals surface area contributed by atoms with Gasteiger partial charge in [-0.25, -0.2) is 19.7 Å². The van der Waals surface area contributed by atoms with Crippen molar-refractivity contribution >= 4 is 34.7 Å². The van der Waals surface area contributed by atoms with Gasteiger partial charge in [-0.05, 0) is 43.7 Å². The van der Waals surface area contributed by atoms with Crippen molar-refractivity contribution in [3.05, 3.63) is 46.5 Å². The first-order valence-corrected chi connectivity index (χ1v) is 13.6. The number of nitro benzene ring substituents is 1. The molecule has 0 bridgehead atoms. The van der Waals surface area contributed by atoms with E-state index in [1.165, 1.54) is 30.6 Å². The average Bonchev–Trinajstić information content (AvgIpc) is 3.52. The van der Waals surface area contributed by atoms with Gasteiger partial charge in [0.05, 0.1) is 17.4 Å². The minimum atomic E-state index is -0.964. The van der Waals surface area contributed by atoms with Crippen molar-refractivity contribution in [2.24, 2.45) is 5.92 Å². The number of ether oxygens (including phenoxy) is 2. The van der Waals surface area contributed by atoms with Crippen molar-refractivity contribution in [1.29, 1.82) is 0 Å². The molecule has 2 aliphatic heterocycles. The molecule has 15 heteroatoms. The number of amides is 2. The van der Waals surface area contributed by atoms with E-state index in [-0.39, 0.29) is 41.5 Å². The highest BCUT2D eigenvalue weighted by molar-refractivity contribution is 5.83. The van der Waals surface area contributed by atoms with Crippen molar-refractivity contribution in [2.75, 3.05) is 18.8 Å².